The number of thiazole rings is 1. The summed E-state index contributed by atoms with van der Waals surface area (Å²) in [6, 6.07) is 12.9. The summed E-state index contributed by atoms with van der Waals surface area (Å²) in [5, 5.41) is 4.37. The number of hydrogen-bond acceptors (Lipinski definition) is 8. The second-order valence-electron chi connectivity index (χ2n) is 6.56. The number of methoxy groups -OCH3 is 2. The molecule has 9 heteroatoms. The van der Waals surface area contributed by atoms with E-state index in [9.17, 15) is 4.79 Å². The van der Waals surface area contributed by atoms with Gasteiger partial charge in [-0.05, 0) is 35.9 Å². The fraction of sp³-hybridized carbons (Fsp3) is 0.190. The lowest BCUT2D eigenvalue weighted by atomic mass is 10.2. The zero-order valence-corrected chi connectivity index (χ0v) is 17.0. The molecule has 0 unspecified atom stereocenters. The topological polar surface area (TPSA) is 84.2 Å². The molecule has 1 atom stereocenters. The molecule has 0 radical (unpaired) electrons. The molecule has 0 fully saturated rings. The molecule has 3 heterocycles. The van der Waals surface area contributed by atoms with Crippen molar-refractivity contribution < 1.29 is 18.9 Å². The summed E-state index contributed by atoms with van der Waals surface area (Å²) >= 11 is 1.27. The molecule has 152 valence electrons. The van der Waals surface area contributed by atoms with Gasteiger partial charge in [-0.2, -0.15) is 9.50 Å². The predicted molar refractivity (Wildman–Crippen MR) is 111 cm³/mol. The van der Waals surface area contributed by atoms with Crippen LogP contribution in [0.3, 0.4) is 0 Å². The van der Waals surface area contributed by atoms with E-state index >= 15 is 0 Å². The van der Waals surface area contributed by atoms with Crippen molar-refractivity contribution in [2.75, 3.05) is 20.8 Å². The first-order valence-corrected chi connectivity index (χ1v) is 9.99. The highest BCUT2D eigenvalue weighted by molar-refractivity contribution is 7.15. The Kier molecular flexibility index (Phi) is 4.51. The number of rotatable bonds is 4. The lowest BCUT2D eigenvalue weighted by molar-refractivity contribution is 0.0852. The Bertz CT molecular complexity index is 1350. The van der Waals surface area contributed by atoms with E-state index in [2.05, 4.69) is 10.1 Å². The first-order chi connectivity index (χ1) is 14.7. The van der Waals surface area contributed by atoms with Crippen molar-refractivity contribution in [3.8, 4) is 23.0 Å². The number of ether oxygens (including phenoxy) is 4. The van der Waals surface area contributed by atoms with Gasteiger partial charge in [-0.1, -0.05) is 29.5 Å². The predicted octanol–water partition coefficient (Wildman–Crippen LogP) is 2.23. The third kappa shape index (κ3) is 3.13. The number of hydrogen-bond donors (Lipinski definition) is 0. The second-order valence-corrected chi connectivity index (χ2v) is 7.57. The molecule has 2 aromatic heterocycles. The van der Waals surface area contributed by atoms with Gasteiger partial charge in [0.1, 0.15) is 6.61 Å². The second kappa shape index (κ2) is 7.34. The molecule has 0 bridgehead atoms. The van der Waals surface area contributed by atoms with Crippen LogP contribution in [0, 0.1) is 0 Å². The molecule has 4 aromatic rings. The molecule has 0 amide bonds. The Morgan fingerprint density at radius 3 is 2.70 bits per heavy atom. The number of aromatic nitrogens is 3. The van der Waals surface area contributed by atoms with Crippen LogP contribution in [0.2, 0.25) is 0 Å². The molecule has 0 saturated carbocycles. The summed E-state index contributed by atoms with van der Waals surface area (Å²) in [6.45, 7) is 0.285. The molecular formula is C21H17N3O5S. The van der Waals surface area contributed by atoms with Crippen molar-refractivity contribution >= 4 is 22.4 Å². The van der Waals surface area contributed by atoms with Crippen LogP contribution >= 0.6 is 11.3 Å². The summed E-state index contributed by atoms with van der Waals surface area (Å²) in [4.78, 5) is 17.8. The van der Waals surface area contributed by atoms with Crippen LogP contribution in [0.15, 0.2) is 47.3 Å². The van der Waals surface area contributed by atoms with Crippen LogP contribution in [-0.2, 0) is 0 Å². The molecule has 8 nitrogen and oxygen atoms in total. The quantitative estimate of drug-likeness (QED) is 0.498. The molecule has 2 aromatic carbocycles. The van der Waals surface area contributed by atoms with Crippen molar-refractivity contribution in [2.24, 2.45) is 0 Å². The van der Waals surface area contributed by atoms with E-state index in [0.717, 1.165) is 5.56 Å². The molecule has 1 aliphatic heterocycles. The van der Waals surface area contributed by atoms with Gasteiger partial charge >= 0.3 is 0 Å². The third-order valence-electron chi connectivity index (χ3n) is 4.70. The minimum atomic E-state index is -0.468. The SMILES string of the molecule is COc1ccc(/C=c2\sc3nc([C@H]4COc5ccccc5O4)nn3c2=O)cc1OC. The molecule has 0 aliphatic carbocycles. The lowest BCUT2D eigenvalue weighted by Gasteiger charge is -2.24. The molecule has 5 rings (SSSR count). The maximum Gasteiger partial charge on any atom is 0.291 e. The lowest BCUT2D eigenvalue weighted by Crippen LogP contribution is -2.26. The minimum Gasteiger partial charge on any atom is -0.493 e. The van der Waals surface area contributed by atoms with Crippen molar-refractivity contribution in [3.63, 3.8) is 0 Å². The van der Waals surface area contributed by atoms with Gasteiger partial charge in [0.15, 0.2) is 34.9 Å². The fourth-order valence-electron chi connectivity index (χ4n) is 3.23. The highest BCUT2D eigenvalue weighted by Crippen LogP contribution is 2.35. The van der Waals surface area contributed by atoms with Gasteiger partial charge in [-0.3, -0.25) is 4.79 Å². The van der Waals surface area contributed by atoms with Gasteiger partial charge in [-0.25, -0.2) is 0 Å². The van der Waals surface area contributed by atoms with Crippen LogP contribution in [-0.4, -0.2) is 35.4 Å². The van der Waals surface area contributed by atoms with Gasteiger partial charge < -0.3 is 18.9 Å². The smallest absolute Gasteiger partial charge is 0.291 e. The van der Waals surface area contributed by atoms with Gasteiger partial charge in [0, 0.05) is 0 Å². The van der Waals surface area contributed by atoms with Gasteiger partial charge in [0.05, 0.1) is 18.8 Å². The Hall–Kier alpha value is -3.59. The first kappa shape index (κ1) is 18.4. The summed E-state index contributed by atoms with van der Waals surface area (Å²) in [6.07, 6.45) is 1.31. The summed E-state index contributed by atoms with van der Waals surface area (Å²) in [5.74, 6) is 2.96. The Labute approximate surface area is 174 Å². The highest BCUT2D eigenvalue weighted by atomic mass is 32.1. The van der Waals surface area contributed by atoms with Crippen LogP contribution in [0.1, 0.15) is 17.5 Å². The van der Waals surface area contributed by atoms with E-state index < -0.39 is 6.10 Å². The number of benzene rings is 2. The average Bonchev–Trinajstić information content (AvgIpc) is 3.32. The van der Waals surface area contributed by atoms with Gasteiger partial charge in [-0.15, -0.1) is 5.10 Å². The Morgan fingerprint density at radius 1 is 1.13 bits per heavy atom. The Morgan fingerprint density at radius 2 is 1.93 bits per heavy atom. The summed E-state index contributed by atoms with van der Waals surface area (Å²) in [5.41, 5.74) is 0.579. The molecule has 0 N–H and O–H groups in total. The third-order valence-corrected chi connectivity index (χ3v) is 5.66. The van der Waals surface area contributed by atoms with Crippen LogP contribution in [0.5, 0.6) is 23.0 Å². The highest BCUT2D eigenvalue weighted by Gasteiger charge is 2.27. The number of fused-ring (bicyclic) bond motifs is 2. The van der Waals surface area contributed by atoms with Crippen LogP contribution < -0.4 is 29.0 Å². The maximum atomic E-state index is 12.8. The molecule has 30 heavy (non-hydrogen) atoms. The van der Waals surface area contributed by atoms with Crippen molar-refractivity contribution in [1.82, 2.24) is 14.6 Å². The zero-order valence-electron chi connectivity index (χ0n) is 16.2. The monoisotopic (exact) mass is 423 g/mol. The van der Waals surface area contributed by atoms with E-state index in [1.54, 1.807) is 26.4 Å². The number of para-hydroxylation sites is 2. The standard InChI is InChI=1S/C21H17N3O5S/c1-26-13-8-7-12(9-16(13)27-2)10-18-20(25)24-21(30-18)22-19(23-24)17-11-28-14-5-3-4-6-15(14)29-17/h3-10,17H,11H2,1-2H3/b18-10-/t17-/m1/s1. The van der Waals surface area contributed by atoms with Gasteiger partial charge in [0.25, 0.3) is 5.56 Å². The van der Waals surface area contributed by atoms with Gasteiger partial charge in [0.2, 0.25) is 4.96 Å². The van der Waals surface area contributed by atoms with E-state index in [4.69, 9.17) is 18.9 Å². The minimum absolute atomic E-state index is 0.235. The maximum absolute atomic E-state index is 12.8. The summed E-state index contributed by atoms with van der Waals surface area (Å²) in [7, 11) is 3.15. The molecule has 0 saturated heterocycles. The fourth-order valence-corrected chi connectivity index (χ4v) is 4.14. The molecule has 0 spiro atoms. The molecule has 1 aliphatic rings. The summed E-state index contributed by atoms with van der Waals surface area (Å²) < 4.78 is 24.1. The van der Waals surface area contributed by atoms with E-state index in [0.29, 0.717) is 38.3 Å². The number of nitrogens with zero attached hydrogens (tertiary/aromatic N) is 3. The van der Waals surface area contributed by atoms with Crippen molar-refractivity contribution in [1.29, 1.82) is 0 Å². The Balaban J connectivity index is 1.48. The van der Waals surface area contributed by atoms with Crippen molar-refractivity contribution in [2.45, 2.75) is 6.10 Å². The molecular weight excluding hydrogens is 406 g/mol. The van der Waals surface area contributed by atoms with E-state index in [-0.39, 0.29) is 12.2 Å². The van der Waals surface area contributed by atoms with Crippen molar-refractivity contribution in [3.05, 3.63) is 68.7 Å². The largest absolute Gasteiger partial charge is 0.493 e. The first-order valence-electron chi connectivity index (χ1n) is 9.18. The van der Waals surface area contributed by atoms with Crippen LogP contribution in [0.25, 0.3) is 11.0 Å². The van der Waals surface area contributed by atoms with E-state index in [1.807, 2.05) is 36.4 Å². The average molecular weight is 423 g/mol. The zero-order chi connectivity index (χ0) is 20.7. The van der Waals surface area contributed by atoms with Crippen LogP contribution in [0.4, 0.5) is 0 Å². The normalized spacial score (nSPS) is 16.1. The van der Waals surface area contributed by atoms with E-state index in [1.165, 1.54) is 15.9 Å².